The summed E-state index contributed by atoms with van der Waals surface area (Å²) in [6, 6.07) is 24.5. The molecule has 0 saturated heterocycles. The van der Waals surface area contributed by atoms with Crippen molar-refractivity contribution in [1.82, 2.24) is 0 Å². The van der Waals surface area contributed by atoms with Crippen LogP contribution >= 0.6 is 0 Å². The minimum Gasteiger partial charge on any atom is -0.489 e. The van der Waals surface area contributed by atoms with Crippen molar-refractivity contribution in [3.05, 3.63) is 101 Å². The molecule has 28 heavy (non-hydrogen) atoms. The molecule has 4 heteroatoms. The normalized spacial score (nSPS) is 9.86. The van der Waals surface area contributed by atoms with Gasteiger partial charge in [-0.15, -0.1) is 0 Å². The zero-order valence-corrected chi connectivity index (χ0v) is 15.1. The first kappa shape index (κ1) is 18.9. The molecule has 4 nitrogen and oxygen atoms in total. The van der Waals surface area contributed by atoms with E-state index in [0.717, 1.165) is 22.4 Å². The number of Topliss-reactive ketones (excluding diaryl/α,β-unsaturated/α-hetero) is 1. The molecule has 0 unspecified atom stereocenters. The molecule has 0 aromatic heterocycles. The molecule has 0 spiro atoms. The van der Waals surface area contributed by atoms with Gasteiger partial charge in [0.05, 0.1) is 0 Å². The van der Waals surface area contributed by atoms with Crippen LogP contribution in [0.3, 0.4) is 0 Å². The van der Waals surface area contributed by atoms with Gasteiger partial charge in [-0.25, -0.2) is 4.79 Å². The number of ether oxygens (including phenoxy) is 1. The number of aliphatic carboxylic acids is 1. The van der Waals surface area contributed by atoms with Crippen molar-refractivity contribution in [2.24, 2.45) is 0 Å². The molecule has 0 aliphatic carbocycles. The van der Waals surface area contributed by atoms with E-state index in [1.807, 2.05) is 54.6 Å². The summed E-state index contributed by atoms with van der Waals surface area (Å²) in [5.41, 5.74) is 3.41. The van der Waals surface area contributed by atoms with Crippen LogP contribution in [0, 0.1) is 11.8 Å². The maximum Gasteiger partial charge on any atom is 0.372 e. The van der Waals surface area contributed by atoms with Crippen molar-refractivity contribution in [3.8, 4) is 17.6 Å². The number of carbonyl (C=O) groups excluding carboxylic acids is 1. The number of carbonyl (C=O) groups is 2. The molecule has 138 valence electrons. The lowest BCUT2D eigenvalue weighted by Gasteiger charge is -2.06. The third-order valence-electron chi connectivity index (χ3n) is 4.01. The van der Waals surface area contributed by atoms with Crippen molar-refractivity contribution < 1.29 is 19.4 Å². The van der Waals surface area contributed by atoms with Crippen LogP contribution in [0.1, 0.15) is 22.3 Å². The van der Waals surface area contributed by atoms with Gasteiger partial charge < -0.3 is 9.84 Å². The summed E-state index contributed by atoms with van der Waals surface area (Å²) < 4.78 is 5.75. The average Bonchev–Trinajstić information content (AvgIpc) is 2.73. The number of benzene rings is 3. The Kier molecular flexibility index (Phi) is 6.22. The topological polar surface area (TPSA) is 63.6 Å². The predicted molar refractivity (Wildman–Crippen MR) is 106 cm³/mol. The van der Waals surface area contributed by atoms with Gasteiger partial charge in [0.15, 0.2) is 0 Å². The van der Waals surface area contributed by atoms with E-state index >= 15 is 0 Å². The van der Waals surface area contributed by atoms with E-state index in [1.165, 1.54) is 0 Å². The molecule has 0 aliphatic heterocycles. The number of carboxylic acids is 1. The fourth-order valence-electron chi connectivity index (χ4n) is 2.49. The Bertz CT molecular complexity index is 1010. The number of rotatable bonds is 6. The van der Waals surface area contributed by atoms with Crippen molar-refractivity contribution >= 4 is 11.8 Å². The van der Waals surface area contributed by atoms with E-state index in [-0.39, 0.29) is 6.42 Å². The van der Waals surface area contributed by atoms with Crippen LogP contribution in [-0.4, -0.2) is 16.9 Å². The third kappa shape index (κ3) is 5.58. The van der Waals surface area contributed by atoms with E-state index in [1.54, 1.807) is 24.3 Å². The Balaban J connectivity index is 1.58. The molecule has 0 amide bonds. The van der Waals surface area contributed by atoms with Crippen LogP contribution in [0.4, 0.5) is 0 Å². The zero-order chi connectivity index (χ0) is 19.8. The van der Waals surface area contributed by atoms with Gasteiger partial charge in [-0.1, -0.05) is 54.3 Å². The molecule has 0 saturated carbocycles. The molecule has 0 radical (unpaired) electrons. The third-order valence-corrected chi connectivity index (χ3v) is 4.01. The first-order valence-electron chi connectivity index (χ1n) is 8.74. The quantitative estimate of drug-likeness (QED) is 0.529. The summed E-state index contributed by atoms with van der Waals surface area (Å²) in [6.07, 6.45) is -0.118. The minimum atomic E-state index is -1.42. The lowest BCUT2D eigenvalue weighted by atomic mass is 10.1. The highest BCUT2D eigenvalue weighted by Crippen LogP contribution is 2.14. The van der Waals surface area contributed by atoms with Gasteiger partial charge in [0.1, 0.15) is 12.4 Å². The fourth-order valence-corrected chi connectivity index (χ4v) is 2.49. The molecular weight excluding hydrogens is 352 g/mol. The second kappa shape index (κ2) is 9.20. The van der Waals surface area contributed by atoms with Crippen molar-refractivity contribution in [2.75, 3.05) is 0 Å². The Labute approximate surface area is 163 Å². The van der Waals surface area contributed by atoms with Crippen molar-refractivity contribution in [1.29, 1.82) is 0 Å². The van der Waals surface area contributed by atoms with Crippen LogP contribution in [0.5, 0.6) is 5.75 Å². The van der Waals surface area contributed by atoms with Crippen molar-refractivity contribution in [3.63, 3.8) is 0 Å². The van der Waals surface area contributed by atoms with Crippen LogP contribution in [0.25, 0.3) is 0 Å². The fraction of sp³-hybridized carbons (Fsp3) is 0.0833. The predicted octanol–water partition coefficient (Wildman–Crippen LogP) is 3.86. The smallest absolute Gasteiger partial charge is 0.372 e. The number of hydrogen-bond donors (Lipinski definition) is 1. The molecule has 3 aromatic rings. The highest BCUT2D eigenvalue weighted by Gasteiger charge is 2.11. The van der Waals surface area contributed by atoms with E-state index in [0.29, 0.717) is 12.2 Å². The Morgan fingerprint density at radius 2 is 1.32 bits per heavy atom. The number of hydrogen-bond acceptors (Lipinski definition) is 3. The second-order valence-corrected chi connectivity index (χ2v) is 6.15. The molecule has 0 aliphatic rings. The summed E-state index contributed by atoms with van der Waals surface area (Å²) in [5, 5.41) is 8.64. The standard InChI is InChI=1S/C24H18O4/c25-23(24(26)27)16-20-10-8-18(9-11-20)6-7-19-12-14-22(15-13-19)28-17-21-4-2-1-3-5-21/h1-5,8-15H,16-17H2,(H,26,27). The number of carboxylic acid groups (broad SMARTS) is 1. The van der Waals surface area contributed by atoms with Gasteiger partial charge in [0.25, 0.3) is 0 Å². The van der Waals surface area contributed by atoms with Crippen LogP contribution < -0.4 is 4.74 Å². The molecule has 0 bridgehead atoms. The summed E-state index contributed by atoms with van der Waals surface area (Å²) in [7, 11) is 0. The second-order valence-electron chi connectivity index (χ2n) is 6.15. The highest BCUT2D eigenvalue weighted by molar-refractivity contribution is 6.33. The van der Waals surface area contributed by atoms with Crippen molar-refractivity contribution in [2.45, 2.75) is 13.0 Å². The lowest BCUT2D eigenvalue weighted by molar-refractivity contribution is -0.148. The average molecular weight is 370 g/mol. The number of ketones is 1. The molecule has 0 atom stereocenters. The molecule has 3 rings (SSSR count). The molecular formula is C24H18O4. The first-order chi connectivity index (χ1) is 13.6. The van der Waals surface area contributed by atoms with Gasteiger partial charge in [0.2, 0.25) is 5.78 Å². The summed E-state index contributed by atoms with van der Waals surface area (Å²) in [5.74, 6) is 4.66. The highest BCUT2D eigenvalue weighted by atomic mass is 16.5. The summed E-state index contributed by atoms with van der Waals surface area (Å²) >= 11 is 0. The first-order valence-corrected chi connectivity index (χ1v) is 8.74. The monoisotopic (exact) mass is 370 g/mol. The SMILES string of the molecule is O=C(O)C(=O)Cc1ccc(C#Cc2ccc(OCc3ccccc3)cc2)cc1. The lowest BCUT2D eigenvalue weighted by Crippen LogP contribution is -2.14. The van der Waals surface area contributed by atoms with E-state index in [2.05, 4.69) is 11.8 Å². The van der Waals surface area contributed by atoms with Crippen LogP contribution in [0.15, 0.2) is 78.9 Å². The molecule has 0 heterocycles. The molecule has 0 fully saturated rings. The minimum absolute atomic E-state index is 0.118. The van der Waals surface area contributed by atoms with Gasteiger partial charge in [-0.3, -0.25) is 4.79 Å². The van der Waals surface area contributed by atoms with Crippen LogP contribution in [0.2, 0.25) is 0 Å². The van der Waals surface area contributed by atoms with Crippen LogP contribution in [-0.2, 0) is 22.6 Å². The Hall–Kier alpha value is -3.84. The summed E-state index contributed by atoms with van der Waals surface area (Å²) in [6.45, 7) is 0.516. The zero-order valence-electron chi connectivity index (χ0n) is 15.1. The summed E-state index contributed by atoms with van der Waals surface area (Å²) in [4.78, 5) is 21.8. The Morgan fingerprint density at radius 3 is 1.89 bits per heavy atom. The maximum atomic E-state index is 11.2. The van der Waals surface area contributed by atoms with Gasteiger partial charge >= 0.3 is 5.97 Å². The van der Waals surface area contributed by atoms with Gasteiger partial charge in [0, 0.05) is 17.5 Å². The largest absolute Gasteiger partial charge is 0.489 e. The molecule has 1 N–H and O–H groups in total. The van der Waals surface area contributed by atoms with Gasteiger partial charge in [-0.05, 0) is 47.5 Å². The van der Waals surface area contributed by atoms with Gasteiger partial charge in [-0.2, -0.15) is 0 Å². The van der Waals surface area contributed by atoms with E-state index in [4.69, 9.17) is 9.84 Å². The maximum absolute atomic E-state index is 11.2. The van der Waals surface area contributed by atoms with E-state index < -0.39 is 11.8 Å². The molecule has 3 aromatic carbocycles. The van der Waals surface area contributed by atoms with E-state index in [9.17, 15) is 9.59 Å². The Morgan fingerprint density at radius 1 is 0.750 bits per heavy atom.